The summed E-state index contributed by atoms with van der Waals surface area (Å²) in [5, 5.41) is 0. The number of nitrogens with zero attached hydrogens (tertiary/aromatic N) is 1. The van der Waals surface area contributed by atoms with Gasteiger partial charge in [0.15, 0.2) is 0 Å². The summed E-state index contributed by atoms with van der Waals surface area (Å²) in [5.74, 6) is -0.131. The molecule has 1 aromatic rings. The molecule has 0 fully saturated rings. The van der Waals surface area contributed by atoms with Crippen LogP contribution in [0.3, 0.4) is 0 Å². The van der Waals surface area contributed by atoms with Crippen molar-refractivity contribution in [3.05, 3.63) is 60.0 Å². The molecule has 1 heterocycles. The number of unbranched alkanes of at least 4 members (excludes halogenated alkanes) is 1. The predicted octanol–water partition coefficient (Wildman–Crippen LogP) is 4.07. The summed E-state index contributed by atoms with van der Waals surface area (Å²) in [5.41, 5.74) is 1.02. The number of allylic oxidation sites excluding steroid dienone is 2. The van der Waals surface area contributed by atoms with Gasteiger partial charge in [0.25, 0.3) is 0 Å². The number of esters is 2. The second-order valence-electron chi connectivity index (χ2n) is 5.51. The van der Waals surface area contributed by atoms with Crippen molar-refractivity contribution in [3.63, 3.8) is 0 Å². The molecule has 0 bridgehead atoms. The molecule has 1 aliphatic rings. The molecule has 0 spiro atoms. The van der Waals surface area contributed by atoms with E-state index < -0.39 is 11.9 Å². The largest absolute Gasteiger partial charge is 0.465 e. The van der Waals surface area contributed by atoms with E-state index in [0.717, 1.165) is 16.3 Å². The van der Waals surface area contributed by atoms with Crippen LogP contribution in [0.2, 0.25) is 0 Å². The number of hydrogen-bond acceptors (Lipinski definition) is 6. The number of carbonyl (C=O) groups excluding carboxylic acids is 2. The van der Waals surface area contributed by atoms with Crippen molar-refractivity contribution in [1.29, 1.82) is 0 Å². The molecule has 0 radical (unpaired) electrons. The summed E-state index contributed by atoms with van der Waals surface area (Å²) in [6, 6.07) is 7.85. The van der Waals surface area contributed by atoms with E-state index in [2.05, 4.69) is 6.92 Å². The van der Waals surface area contributed by atoms with Crippen molar-refractivity contribution in [1.82, 2.24) is 0 Å². The van der Waals surface area contributed by atoms with Gasteiger partial charge in [-0.1, -0.05) is 19.4 Å². The molecule has 1 aromatic carbocycles. The molecular formula is C20H23NO4S. The first kappa shape index (κ1) is 19.8. The van der Waals surface area contributed by atoms with Gasteiger partial charge < -0.3 is 14.4 Å². The summed E-state index contributed by atoms with van der Waals surface area (Å²) < 4.78 is 9.71. The van der Waals surface area contributed by atoms with Crippen molar-refractivity contribution in [3.8, 4) is 0 Å². The maximum Gasteiger partial charge on any atom is 0.355 e. The lowest BCUT2D eigenvalue weighted by Crippen LogP contribution is -2.26. The molecule has 0 atom stereocenters. The Labute approximate surface area is 158 Å². The highest BCUT2D eigenvalue weighted by atomic mass is 32.2. The number of rotatable bonds is 7. The normalized spacial score (nSPS) is 13.6. The molecule has 6 heteroatoms. The van der Waals surface area contributed by atoms with Gasteiger partial charge in [-0.15, -0.1) is 11.8 Å². The maximum atomic E-state index is 12.4. The fraction of sp³-hybridized carbons (Fsp3) is 0.300. The minimum Gasteiger partial charge on any atom is -0.465 e. The molecule has 2 rings (SSSR count). The van der Waals surface area contributed by atoms with E-state index in [1.807, 2.05) is 24.3 Å². The van der Waals surface area contributed by atoms with Gasteiger partial charge in [0.1, 0.15) is 5.70 Å². The zero-order valence-corrected chi connectivity index (χ0v) is 16.0. The average molecular weight is 373 g/mol. The number of anilines is 1. The van der Waals surface area contributed by atoms with Crippen LogP contribution in [-0.4, -0.2) is 31.9 Å². The van der Waals surface area contributed by atoms with E-state index >= 15 is 0 Å². The first-order chi connectivity index (χ1) is 12.6. The highest BCUT2D eigenvalue weighted by Crippen LogP contribution is 2.28. The van der Waals surface area contributed by atoms with Crippen molar-refractivity contribution in [2.24, 2.45) is 0 Å². The lowest BCUT2D eigenvalue weighted by molar-refractivity contribution is -0.139. The van der Waals surface area contributed by atoms with Crippen molar-refractivity contribution < 1.29 is 19.1 Å². The van der Waals surface area contributed by atoms with Crippen LogP contribution in [0.1, 0.15) is 19.8 Å². The molecular weight excluding hydrogens is 350 g/mol. The number of hydrogen-bond donors (Lipinski definition) is 0. The third kappa shape index (κ3) is 4.79. The minimum atomic E-state index is -0.608. The van der Waals surface area contributed by atoms with Crippen LogP contribution in [0.4, 0.5) is 5.69 Å². The summed E-state index contributed by atoms with van der Waals surface area (Å²) in [6.45, 7) is 2.17. The topological polar surface area (TPSA) is 55.8 Å². The number of ether oxygens (including phenoxy) is 2. The number of thioether (sulfide) groups is 1. The maximum absolute atomic E-state index is 12.4. The second-order valence-corrected chi connectivity index (χ2v) is 6.68. The predicted molar refractivity (Wildman–Crippen MR) is 104 cm³/mol. The summed E-state index contributed by atoms with van der Waals surface area (Å²) in [7, 11) is 2.57. The van der Waals surface area contributed by atoms with Gasteiger partial charge >= 0.3 is 11.9 Å². The van der Waals surface area contributed by atoms with Crippen molar-refractivity contribution in [2.45, 2.75) is 24.7 Å². The number of benzene rings is 1. The Kier molecular flexibility index (Phi) is 7.53. The third-order valence-electron chi connectivity index (χ3n) is 3.77. The van der Waals surface area contributed by atoms with E-state index in [-0.39, 0.29) is 11.3 Å². The lowest BCUT2D eigenvalue weighted by atomic mass is 10.1. The number of methoxy groups -OCH3 is 2. The molecule has 0 aromatic heterocycles. The van der Waals surface area contributed by atoms with Crippen LogP contribution < -0.4 is 4.90 Å². The van der Waals surface area contributed by atoms with E-state index in [0.29, 0.717) is 0 Å². The Morgan fingerprint density at radius 1 is 1.04 bits per heavy atom. The molecule has 5 nitrogen and oxygen atoms in total. The molecule has 0 N–H and O–H groups in total. The minimum absolute atomic E-state index is 0.121. The third-order valence-corrected chi connectivity index (χ3v) is 4.87. The molecule has 0 saturated carbocycles. The summed E-state index contributed by atoms with van der Waals surface area (Å²) in [6.07, 6.45) is 9.04. The molecule has 138 valence electrons. The quantitative estimate of drug-likeness (QED) is 0.408. The van der Waals surface area contributed by atoms with Crippen LogP contribution >= 0.6 is 11.8 Å². The van der Waals surface area contributed by atoms with Gasteiger partial charge in [0.2, 0.25) is 0 Å². The fourth-order valence-electron chi connectivity index (χ4n) is 2.40. The molecule has 0 unspecified atom stereocenters. The first-order valence-electron chi connectivity index (χ1n) is 8.40. The van der Waals surface area contributed by atoms with Crippen LogP contribution in [0.5, 0.6) is 0 Å². The van der Waals surface area contributed by atoms with Crippen LogP contribution in [0.25, 0.3) is 0 Å². The highest BCUT2D eigenvalue weighted by Gasteiger charge is 2.27. The van der Waals surface area contributed by atoms with Crippen LogP contribution in [-0.2, 0) is 19.1 Å². The van der Waals surface area contributed by atoms with Crippen LogP contribution in [0.15, 0.2) is 64.9 Å². The SMILES string of the molecule is CCCCSc1ccc(N2C=CC=CC(C(=O)OC)=C2C(=O)OC)cc1. The second kappa shape index (κ2) is 9.87. The lowest BCUT2D eigenvalue weighted by Gasteiger charge is -2.23. The van der Waals surface area contributed by atoms with Gasteiger partial charge in [-0.25, -0.2) is 9.59 Å². The molecule has 0 aliphatic carbocycles. The summed E-state index contributed by atoms with van der Waals surface area (Å²) >= 11 is 1.80. The summed E-state index contributed by atoms with van der Waals surface area (Å²) in [4.78, 5) is 27.3. The van der Waals surface area contributed by atoms with E-state index in [1.165, 1.54) is 27.1 Å². The molecule has 0 amide bonds. The zero-order valence-electron chi connectivity index (χ0n) is 15.2. The van der Waals surface area contributed by atoms with Crippen molar-refractivity contribution in [2.75, 3.05) is 24.9 Å². The monoisotopic (exact) mass is 373 g/mol. The Hall–Kier alpha value is -2.47. The van der Waals surface area contributed by atoms with Crippen LogP contribution in [0, 0.1) is 0 Å². The van der Waals surface area contributed by atoms with Gasteiger partial charge in [-0.3, -0.25) is 0 Å². The standard InChI is InChI=1S/C20H23NO4S/c1-4-5-14-26-16-11-9-15(10-12-16)21-13-7-6-8-17(19(22)24-2)18(21)20(23)25-3/h6-13H,4-5,14H2,1-3H3. The first-order valence-corrected chi connectivity index (χ1v) is 9.38. The Morgan fingerprint density at radius 2 is 1.73 bits per heavy atom. The van der Waals surface area contributed by atoms with E-state index in [1.54, 1.807) is 41.1 Å². The van der Waals surface area contributed by atoms with Crippen molar-refractivity contribution >= 4 is 29.4 Å². The van der Waals surface area contributed by atoms with E-state index in [9.17, 15) is 9.59 Å². The van der Waals surface area contributed by atoms with Gasteiger partial charge in [0, 0.05) is 16.8 Å². The zero-order chi connectivity index (χ0) is 18.9. The molecule has 26 heavy (non-hydrogen) atoms. The fourth-order valence-corrected chi connectivity index (χ4v) is 3.40. The highest BCUT2D eigenvalue weighted by molar-refractivity contribution is 7.99. The average Bonchev–Trinajstić information content (AvgIpc) is 2.90. The Balaban J connectivity index is 2.38. The number of carbonyl (C=O) groups is 2. The molecule has 1 aliphatic heterocycles. The van der Waals surface area contributed by atoms with Gasteiger partial charge in [-0.2, -0.15) is 0 Å². The molecule has 0 saturated heterocycles. The smallest absolute Gasteiger partial charge is 0.355 e. The van der Waals surface area contributed by atoms with E-state index in [4.69, 9.17) is 9.47 Å². The van der Waals surface area contributed by atoms with Gasteiger partial charge in [-0.05, 0) is 48.6 Å². The van der Waals surface area contributed by atoms with Gasteiger partial charge in [0.05, 0.1) is 19.8 Å². The Morgan fingerprint density at radius 3 is 2.35 bits per heavy atom. The Bertz CT molecular complexity index is 735.